The van der Waals surface area contributed by atoms with Crippen molar-refractivity contribution in [2.24, 2.45) is 5.92 Å². The summed E-state index contributed by atoms with van der Waals surface area (Å²) in [6.45, 7) is 2.19. The minimum absolute atomic E-state index is 0.252. The number of halogens is 1. The van der Waals surface area contributed by atoms with Gasteiger partial charge in [-0.25, -0.2) is 14.9 Å². The third-order valence-electron chi connectivity index (χ3n) is 6.40. The number of aryl methyl sites for hydroxylation is 1. The van der Waals surface area contributed by atoms with Gasteiger partial charge in [0, 0.05) is 29.5 Å². The number of carbonyl (C=O) groups is 1. The van der Waals surface area contributed by atoms with Gasteiger partial charge in [0.1, 0.15) is 17.2 Å². The number of imidazole rings is 1. The average molecular weight is 533 g/mol. The van der Waals surface area contributed by atoms with E-state index in [1.54, 1.807) is 6.92 Å². The van der Waals surface area contributed by atoms with Gasteiger partial charge in [0.25, 0.3) is 0 Å². The van der Waals surface area contributed by atoms with E-state index in [0.29, 0.717) is 29.7 Å². The standard InChI is InChI=1S/C25H21BrN6O3/c1-13-22(25(33)34)32(20(27-13)11-14-6-7-14)12-15-8-9-19-18(10-15)21(26)23(35-19)16-4-2-3-5-17(16)24-28-30-31-29-24/h2-5,8-10,14H,6-7,11-12H2,1H3,(H,33,34)(H,28,29,30,31). The Morgan fingerprint density at radius 2 is 2.03 bits per heavy atom. The van der Waals surface area contributed by atoms with Crippen molar-refractivity contribution in [1.82, 2.24) is 30.2 Å². The summed E-state index contributed by atoms with van der Waals surface area (Å²) in [7, 11) is 0. The second-order valence-corrected chi connectivity index (χ2v) is 9.66. The maximum atomic E-state index is 12.0. The molecule has 1 aliphatic rings. The number of rotatable bonds is 7. The molecule has 0 amide bonds. The first-order valence-electron chi connectivity index (χ1n) is 11.3. The van der Waals surface area contributed by atoms with Crippen molar-refractivity contribution in [1.29, 1.82) is 0 Å². The second-order valence-electron chi connectivity index (χ2n) is 8.87. The number of tetrazole rings is 1. The number of carboxylic acids is 1. The Morgan fingerprint density at radius 3 is 2.74 bits per heavy atom. The third kappa shape index (κ3) is 3.93. The first-order chi connectivity index (χ1) is 17.0. The largest absolute Gasteiger partial charge is 0.477 e. The molecule has 5 aromatic rings. The molecule has 0 saturated heterocycles. The lowest BCUT2D eigenvalue weighted by Crippen LogP contribution is -2.13. The predicted octanol–water partition coefficient (Wildman–Crippen LogP) is 5.25. The number of H-pyrrole nitrogens is 1. The molecule has 6 rings (SSSR count). The van der Waals surface area contributed by atoms with E-state index in [0.717, 1.165) is 44.4 Å². The average Bonchev–Trinajstić information content (AvgIpc) is 3.24. The van der Waals surface area contributed by atoms with Gasteiger partial charge in [-0.3, -0.25) is 0 Å². The highest BCUT2D eigenvalue weighted by atomic mass is 79.9. The Morgan fingerprint density at radius 1 is 1.23 bits per heavy atom. The molecule has 9 nitrogen and oxygen atoms in total. The van der Waals surface area contributed by atoms with Crippen LogP contribution < -0.4 is 0 Å². The van der Waals surface area contributed by atoms with Crippen LogP contribution >= 0.6 is 15.9 Å². The summed E-state index contributed by atoms with van der Waals surface area (Å²) in [5.74, 6) is 1.70. The van der Waals surface area contributed by atoms with E-state index in [9.17, 15) is 9.90 Å². The van der Waals surface area contributed by atoms with Gasteiger partial charge in [-0.05, 0) is 69.7 Å². The van der Waals surface area contributed by atoms with Crippen molar-refractivity contribution < 1.29 is 14.3 Å². The molecule has 10 heteroatoms. The molecule has 3 heterocycles. The molecule has 0 unspecified atom stereocenters. The molecule has 35 heavy (non-hydrogen) atoms. The van der Waals surface area contributed by atoms with E-state index in [-0.39, 0.29) is 5.69 Å². The number of hydrogen-bond acceptors (Lipinski definition) is 6. The van der Waals surface area contributed by atoms with Crippen molar-refractivity contribution in [3.8, 4) is 22.7 Å². The van der Waals surface area contributed by atoms with Crippen molar-refractivity contribution >= 4 is 32.9 Å². The van der Waals surface area contributed by atoms with Gasteiger partial charge in [-0.1, -0.05) is 30.3 Å². The summed E-state index contributed by atoms with van der Waals surface area (Å²) in [6.07, 6.45) is 3.16. The SMILES string of the molecule is Cc1nc(CC2CC2)n(Cc2ccc3oc(-c4ccccc4-c4nnn[nH]4)c(Br)c3c2)c1C(=O)O. The van der Waals surface area contributed by atoms with Crippen molar-refractivity contribution in [2.75, 3.05) is 0 Å². The highest BCUT2D eigenvalue weighted by Gasteiger charge is 2.27. The minimum Gasteiger partial charge on any atom is -0.477 e. The fourth-order valence-corrected chi connectivity index (χ4v) is 5.14. The zero-order valence-corrected chi connectivity index (χ0v) is 20.4. The van der Waals surface area contributed by atoms with Gasteiger partial charge in [-0.2, -0.15) is 0 Å². The molecule has 176 valence electrons. The van der Waals surface area contributed by atoms with E-state index in [2.05, 4.69) is 41.5 Å². The zero-order valence-electron chi connectivity index (χ0n) is 18.8. The third-order valence-corrected chi connectivity index (χ3v) is 7.18. The molecule has 1 saturated carbocycles. The fourth-order valence-electron chi connectivity index (χ4n) is 4.54. The number of aromatic nitrogens is 6. The van der Waals surface area contributed by atoms with E-state index >= 15 is 0 Å². The molecule has 0 radical (unpaired) electrons. The number of nitrogens with one attached hydrogen (secondary N) is 1. The van der Waals surface area contributed by atoms with Crippen molar-refractivity contribution in [3.63, 3.8) is 0 Å². The van der Waals surface area contributed by atoms with Gasteiger partial charge < -0.3 is 14.1 Å². The molecule has 1 aliphatic carbocycles. The van der Waals surface area contributed by atoms with Crippen LogP contribution in [0.1, 0.15) is 40.4 Å². The quantitative estimate of drug-likeness (QED) is 0.293. The monoisotopic (exact) mass is 532 g/mol. The first-order valence-corrected chi connectivity index (χ1v) is 12.1. The lowest BCUT2D eigenvalue weighted by molar-refractivity contribution is 0.0684. The molecular weight excluding hydrogens is 512 g/mol. The maximum absolute atomic E-state index is 12.0. The Bertz CT molecular complexity index is 1570. The van der Waals surface area contributed by atoms with Crippen LogP contribution in [0.3, 0.4) is 0 Å². The van der Waals surface area contributed by atoms with E-state index in [4.69, 9.17) is 4.42 Å². The summed E-state index contributed by atoms with van der Waals surface area (Å²) in [6, 6.07) is 13.7. The number of furan rings is 1. The lowest BCUT2D eigenvalue weighted by Gasteiger charge is -2.10. The van der Waals surface area contributed by atoms with Crippen LogP contribution in [-0.4, -0.2) is 41.3 Å². The summed E-state index contributed by atoms with van der Waals surface area (Å²) < 4.78 is 8.90. The van der Waals surface area contributed by atoms with E-state index in [1.807, 2.05) is 47.0 Å². The van der Waals surface area contributed by atoms with Crippen molar-refractivity contribution in [3.05, 3.63) is 69.7 Å². The molecule has 2 aromatic carbocycles. The molecule has 2 N–H and O–H groups in total. The number of fused-ring (bicyclic) bond motifs is 1. The Labute approximate surface area is 208 Å². The molecule has 0 aliphatic heterocycles. The number of carboxylic acid groups (broad SMARTS) is 1. The van der Waals surface area contributed by atoms with Crippen LogP contribution in [0.15, 0.2) is 51.4 Å². The summed E-state index contributed by atoms with van der Waals surface area (Å²) in [5.41, 5.74) is 4.17. The first kappa shape index (κ1) is 21.7. The number of aromatic carboxylic acids is 1. The normalized spacial score (nSPS) is 13.5. The molecule has 0 atom stereocenters. The predicted molar refractivity (Wildman–Crippen MR) is 132 cm³/mol. The van der Waals surface area contributed by atoms with Crippen LogP contribution in [0.4, 0.5) is 0 Å². The van der Waals surface area contributed by atoms with Gasteiger partial charge in [0.05, 0.1) is 10.2 Å². The highest BCUT2D eigenvalue weighted by molar-refractivity contribution is 9.10. The number of aromatic amines is 1. The van der Waals surface area contributed by atoms with Gasteiger partial charge in [0.15, 0.2) is 11.5 Å². The van der Waals surface area contributed by atoms with E-state index < -0.39 is 5.97 Å². The molecule has 0 bridgehead atoms. The van der Waals surface area contributed by atoms with E-state index in [1.165, 1.54) is 12.8 Å². The van der Waals surface area contributed by atoms with Gasteiger partial charge in [0.2, 0.25) is 0 Å². The van der Waals surface area contributed by atoms with Crippen LogP contribution in [0.25, 0.3) is 33.7 Å². The number of nitrogens with zero attached hydrogens (tertiary/aromatic N) is 5. The highest BCUT2D eigenvalue weighted by Crippen LogP contribution is 2.41. The molecule has 0 spiro atoms. The molecular formula is C25H21BrN6O3. The zero-order chi connectivity index (χ0) is 24.1. The Kier molecular flexibility index (Phi) is 5.25. The Hall–Kier alpha value is -3.79. The number of benzene rings is 2. The fraction of sp³-hybridized carbons (Fsp3) is 0.240. The number of hydrogen-bond donors (Lipinski definition) is 2. The van der Waals surface area contributed by atoms with Crippen LogP contribution in [0, 0.1) is 12.8 Å². The maximum Gasteiger partial charge on any atom is 0.354 e. The van der Waals surface area contributed by atoms with Crippen LogP contribution in [0.2, 0.25) is 0 Å². The minimum atomic E-state index is -0.955. The molecule has 1 fully saturated rings. The summed E-state index contributed by atoms with van der Waals surface area (Å²) in [5, 5.41) is 25.0. The van der Waals surface area contributed by atoms with Crippen LogP contribution in [-0.2, 0) is 13.0 Å². The second kappa shape index (κ2) is 8.46. The van der Waals surface area contributed by atoms with Crippen molar-refractivity contribution in [2.45, 2.75) is 32.7 Å². The topological polar surface area (TPSA) is 123 Å². The Balaban J connectivity index is 1.41. The smallest absolute Gasteiger partial charge is 0.354 e. The van der Waals surface area contributed by atoms with Gasteiger partial charge >= 0.3 is 5.97 Å². The summed E-state index contributed by atoms with van der Waals surface area (Å²) >= 11 is 3.73. The lowest BCUT2D eigenvalue weighted by atomic mass is 10.0. The summed E-state index contributed by atoms with van der Waals surface area (Å²) in [4.78, 5) is 16.6. The van der Waals surface area contributed by atoms with Gasteiger partial charge in [-0.15, -0.1) is 5.10 Å². The molecule has 3 aromatic heterocycles. The van der Waals surface area contributed by atoms with Crippen LogP contribution in [0.5, 0.6) is 0 Å².